The van der Waals surface area contributed by atoms with Crippen molar-refractivity contribution in [3.05, 3.63) is 0 Å². The van der Waals surface area contributed by atoms with Gasteiger partial charge in [-0.05, 0) is 19.3 Å². The molecule has 5 nitrogen and oxygen atoms in total. The van der Waals surface area contributed by atoms with Crippen molar-refractivity contribution in [1.29, 1.82) is 0 Å². The van der Waals surface area contributed by atoms with E-state index in [1.807, 2.05) is 0 Å². The predicted molar refractivity (Wildman–Crippen MR) is 59.0 cm³/mol. The molecule has 1 N–H and O–H groups in total. The van der Waals surface area contributed by atoms with Crippen LogP contribution in [0.15, 0.2) is 0 Å². The van der Waals surface area contributed by atoms with E-state index in [0.29, 0.717) is 12.8 Å². The van der Waals surface area contributed by atoms with E-state index in [1.54, 1.807) is 6.92 Å². The van der Waals surface area contributed by atoms with Gasteiger partial charge >= 0.3 is 5.97 Å². The second-order valence-corrected chi connectivity index (χ2v) is 6.90. The molecule has 0 unspecified atom stereocenters. The molecule has 2 atom stereocenters. The standard InChI is InChI=1S/C10H18O5S/c1-3-16(13,14)8-4-5-10(6-8,7-15-2)9(11)12/h8H,3-7H2,1-2H3,(H,11,12)/t8-,10+/m0/s1. The lowest BCUT2D eigenvalue weighted by Gasteiger charge is -2.23. The Balaban J connectivity index is 2.87. The van der Waals surface area contributed by atoms with Gasteiger partial charge in [0, 0.05) is 12.9 Å². The summed E-state index contributed by atoms with van der Waals surface area (Å²) in [6, 6.07) is 0. The van der Waals surface area contributed by atoms with Crippen LogP contribution in [0.4, 0.5) is 0 Å². The molecule has 0 aliphatic heterocycles. The molecular weight excluding hydrogens is 232 g/mol. The Hall–Kier alpha value is -0.620. The molecule has 1 aliphatic rings. The topological polar surface area (TPSA) is 80.7 Å². The fourth-order valence-corrected chi connectivity index (χ4v) is 3.80. The normalized spacial score (nSPS) is 30.5. The summed E-state index contributed by atoms with van der Waals surface area (Å²) in [6.45, 7) is 1.67. The summed E-state index contributed by atoms with van der Waals surface area (Å²) in [5, 5.41) is 8.65. The van der Waals surface area contributed by atoms with Gasteiger partial charge in [-0.25, -0.2) is 8.42 Å². The lowest BCUT2D eigenvalue weighted by Crippen LogP contribution is -2.34. The average molecular weight is 250 g/mol. The number of hydrogen-bond acceptors (Lipinski definition) is 4. The van der Waals surface area contributed by atoms with Crippen LogP contribution < -0.4 is 0 Å². The number of hydrogen-bond donors (Lipinski definition) is 1. The third-order valence-electron chi connectivity index (χ3n) is 3.35. The summed E-state index contributed by atoms with van der Waals surface area (Å²) in [5.41, 5.74) is -1.01. The minimum Gasteiger partial charge on any atom is -0.481 e. The van der Waals surface area contributed by atoms with Gasteiger partial charge in [-0.3, -0.25) is 4.79 Å². The number of carbonyl (C=O) groups is 1. The van der Waals surface area contributed by atoms with Gasteiger partial charge in [0.25, 0.3) is 0 Å². The molecule has 16 heavy (non-hydrogen) atoms. The Morgan fingerprint density at radius 2 is 2.19 bits per heavy atom. The van der Waals surface area contributed by atoms with E-state index < -0.39 is 26.5 Å². The van der Waals surface area contributed by atoms with Crippen molar-refractivity contribution in [2.75, 3.05) is 19.5 Å². The lowest BCUT2D eigenvalue weighted by molar-refractivity contribution is -0.151. The first-order valence-corrected chi connectivity index (χ1v) is 7.03. The van der Waals surface area contributed by atoms with Crippen molar-refractivity contribution in [3.63, 3.8) is 0 Å². The maximum absolute atomic E-state index is 11.7. The van der Waals surface area contributed by atoms with Crippen LogP contribution in [0.1, 0.15) is 26.2 Å². The first kappa shape index (κ1) is 13.4. The highest BCUT2D eigenvalue weighted by Crippen LogP contribution is 2.41. The van der Waals surface area contributed by atoms with Crippen LogP contribution in [0.3, 0.4) is 0 Å². The number of carboxylic acids is 1. The van der Waals surface area contributed by atoms with E-state index in [9.17, 15) is 18.3 Å². The fraction of sp³-hybridized carbons (Fsp3) is 0.900. The number of sulfone groups is 1. The third kappa shape index (κ3) is 2.38. The molecule has 0 aromatic rings. The monoisotopic (exact) mass is 250 g/mol. The van der Waals surface area contributed by atoms with E-state index in [4.69, 9.17) is 4.74 Å². The first-order valence-electron chi connectivity index (χ1n) is 5.32. The molecule has 0 heterocycles. The molecule has 0 amide bonds. The molecule has 0 spiro atoms. The molecule has 0 aromatic heterocycles. The second-order valence-electron chi connectivity index (χ2n) is 4.33. The summed E-state index contributed by atoms with van der Waals surface area (Å²) in [6.07, 6.45) is 0.970. The summed E-state index contributed by atoms with van der Waals surface area (Å²) >= 11 is 0. The summed E-state index contributed by atoms with van der Waals surface area (Å²) < 4.78 is 28.3. The minimum absolute atomic E-state index is 0.0698. The van der Waals surface area contributed by atoms with E-state index in [1.165, 1.54) is 7.11 Å². The molecule has 0 radical (unpaired) electrons. The first-order chi connectivity index (χ1) is 7.38. The quantitative estimate of drug-likeness (QED) is 0.776. The van der Waals surface area contributed by atoms with Crippen molar-refractivity contribution in [3.8, 4) is 0 Å². The molecule has 0 aromatic carbocycles. The van der Waals surface area contributed by atoms with E-state index in [0.717, 1.165) is 0 Å². The van der Waals surface area contributed by atoms with Crippen LogP contribution >= 0.6 is 0 Å². The molecule has 0 saturated heterocycles. The van der Waals surface area contributed by atoms with Crippen LogP contribution in [0.5, 0.6) is 0 Å². The number of aliphatic carboxylic acids is 1. The van der Waals surface area contributed by atoms with Crippen LogP contribution in [0.2, 0.25) is 0 Å². The fourth-order valence-electron chi connectivity index (χ4n) is 2.28. The number of methoxy groups -OCH3 is 1. The third-order valence-corrected chi connectivity index (χ3v) is 5.57. The van der Waals surface area contributed by atoms with Gasteiger partial charge in [0.1, 0.15) is 0 Å². The zero-order valence-electron chi connectivity index (χ0n) is 9.60. The van der Waals surface area contributed by atoms with Crippen LogP contribution in [0.25, 0.3) is 0 Å². The van der Waals surface area contributed by atoms with Gasteiger partial charge in [0.2, 0.25) is 0 Å². The van der Waals surface area contributed by atoms with Crippen molar-refractivity contribution in [2.24, 2.45) is 5.41 Å². The van der Waals surface area contributed by atoms with Gasteiger partial charge < -0.3 is 9.84 Å². The summed E-state index contributed by atoms with van der Waals surface area (Å²) in [7, 11) is -1.70. The van der Waals surface area contributed by atoms with E-state index in [-0.39, 0.29) is 18.8 Å². The molecule has 6 heteroatoms. The highest BCUT2D eigenvalue weighted by molar-refractivity contribution is 7.92. The smallest absolute Gasteiger partial charge is 0.312 e. The Morgan fingerprint density at radius 1 is 1.56 bits per heavy atom. The number of carboxylic acid groups (broad SMARTS) is 1. The maximum Gasteiger partial charge on any atom is 0.312 e. The second kappa shape index (κ2) is 4.71. The number of rotatable bonds is 5. The highest BCUT2D eigenvalue weighted by atomic mass is 32.2. The zero-order chi connectivity index (χ0) is 12.4. The van der Waals surface area contributed by atoms with Crippen LogP contribution in [0, 0.1) is 5.41 Å². The van der Waals surface area contributed by atoms with Crippen LogP contribution in [-0.2, 0) is 19.4 Å². The van der Waals surface area contributed by atoms with Crippen molar-refractivity contribution >= 4 is 15.8 Å². The molecular formula is C10H18O5S. The largest absolute Gasteiger partial charge is 0.481 e. The molecule has 0 bridgehead atoms. The molecule has 1 saturated carbocycles. The Kier molecular flexibility index (Phi) is 3.96. The Labute approximate surface area is 95.7 Å². The van der Waals surface area contributed by atoms with Gasteiger partial charge in [-0.2, -0.15) is 0 Å². The maximum atomic E-state index is 11.7. The summed E-state index contributed by atoms with van der Waals surface area (Å²) in [4.78, 5) is 11.2. The number of ether oxygens (including phenoxy) is 1. The average Bonchev–Trinajstić information content (AvgIpc) is 2.65. The van der Waals surface area contributed by atoms with Gasteiger partial charge in [0.15, 0.2) is 9.84 Å². The minimum atomic E-state index is -3.14. The Bertz CT molecular complexity index is 361. The molecule has 94 valence electrons. The SMILES string of the molecule is CCS(=O)(=O)[C@H]1CC[C@@](COC)(C(=O)O)C1. The summed E-state index contributed by atoms with van der Waals surface area (Å²) in [5.74, 6) is -0.886. The van der Waals surface area contributed by atoms with Gasteiger partial charge in [-0.1, -0.05) is 6.92 Å². The zero-order valence-corrected chi connectivity index (χ0v) is 10.4. The van der Waals surface area contributed by atoms with Crippen molar-refractivity contribution in [1.82, 2.24) is 0 Å². The molecule has 1 aliphatic carbocycles. The Morgan fingerprint density at radius 3 is 2.62 bits per heavy atom. The van der Waals surface area contributed by atoms with Crippen LogP contribution in [-0.4, -0.2) is 44.2 Å². The van der Waals surface area contributed by atoms with Gasteiger partial charge in [0.05, 0.1) is 17.3 Å². The highest BCUT2D eigenvalue weighted by Gasteiger charge is 2.48. The molecule has 1 fully saturated rings. The van der Waals surface area contributed by atoms with Gasteiger partial charge in [-0.15, -0.1) is 0 Å². The lowest BCUT2D eigenvalue weighted by atomic mass is 9.87. The molecule has 1 rings (SSSR count). The van der Waals surface area contributed by atoms with E-state index in [2.05, 4.69) is 0 Å². The van der Waals surface area contributed by atoms with E-state index >= 15 is 0 Å². The van der Waals surface area contributed by atoms with Crippen molar-refractivity contribution in [2.45, 2.75) is 31.4 Å². The predicted octanol–water partition coefficient (Wildman–Crippen LogP) is 0.691. The van der Waals surface area contributed by atoms with Crippen molar-refractivity contribution < 1.29 is 23.1 Å².